The molecule has 160 valence electrons. The molecule has 2 atom stereocenters. The molecule has 30 heavy (non-hydrogen) atoms. The van der Waals surface area contributed by atoms with Crippen molar-refractivity contribution in [1.29, 1.82) is 0 Å². The van der Waals surface area contributed by atoms with Crippen molar-refractivity contribution in [3.63, 3.8) is 0 Å². The summed E-state index contributed by atoms with van der Waals surface area (Å²) in [6, 6.07) is 11.4. The highest BCUT2D eigenvalue weighted by atomic mass is 79.9. The molecule has 0 amide bonds. The van der Waals surface area contributed by atoms with E-state index in [0.29, 0.717) is 17.6 Å². The van der Waals surface area contributed by atoms with E-state index < -0.39 is 11.7 Å². The molecule has 3 aromatic rings. The molecule has 4 rings (SSSR count). The molecule has 7 heteroatoms. The molecule has 0 saturated heterocycles. The molecule has 1 heterocycles. The van der Waals surface area contributed by atoms with Crippen LogP contribution in [0, 0.1) is 11.3 Å². The molecule has 1 unspecified atom stereocenters. The molecule has 0 spiro atoms. The second-order valence-corrected chi connectivity index (χ2v) is 10.1. The van der Waals surface area contributed by atoms with Gasteiger partial charge in [0.15, 0.2) is 0 Å². The average molecular weight is 480 g/mol. The Bertz CT molecular complexity index is 1050. The van der Waals surface area contributed by atoms with Crippen LogP contribution in [-0.2, 0) is 6.18 Å². The summed E-state index contributed by atoms with van der Waals surface area (Å²) in [5.41, 5.74) is 2.03. The van der Waals surface area contributed by atoms with E-state index in [1.165, 1.54) is 18.6 Å². The monoisotopic (exact) mass is 479 g/mol. The Morgan fingerprint density at radius 2 is 1.80 bits per heavy atom. The first-order valence-electron chi connectivity index (χ1n) is 10.1. The van der Waals surface area contributed by atoms with Crippen molar-refractivity contribution < 1.29 is 13.2 Å². The van der Waals surface area contributed by atoms with Gasteiger partial charge in [-0.2, -0.15) is 13.2 Å². The van der Waals surface area contributed by atoms with Crippen molar-refractivity contribution in [3.8, 4) is 0 Å². The van der Waals surface area contributed by atoms with Crippen molar-refractivity contribution >= 4 is 38.6 Å². The highest BCUT2D eigenvalue weighted by molar-refractivity contribution is 9.10. The largest absolute Gasteiger partial charge is 0.416 e. The second kappa shape index (κ2) is 7.59. The van der Waals surface area contributed by atoms with Gasteiger partial charge in [-0.15, -0.1) is 0 Å². The Hall–Kier alpha value is -2.02. The topological polar surface area (TPSA) is 29.9 Å². The lowest BCUT2D eigenvalue weighted by Crippen LogP contribution is -2.29. The van der Waals surface area contributed by atoms with Crippen molar-refractivity contribution in [3.05, 3.63) is 52.5 Å². The van der Waals surface area contributed by atoms with Crippen LogP contribution in [0.15, 0.2) is 46.9 Å². The van der Waals surface area contributed by atoms with Gasteiger partial charge in [-0.05, 0) is 73.1 Å². The van der Waals surface area contributed by atoms with Gasteiger partial charge in [0.25, 0.3) is 0 Å². The van der Waals surface area contributed by atoms with E-state index >= 15 is 0 Å². The van der Waals surface area contributed by atoms with Gasteiger partial charge in [-0.3, -0.25) is 0 Å². The van der Waals surface area contributed by atoms with E-state index in [1.54, 1.807) is 0 Å². The minimum Gasteiger partial charge on any atom is -0.326 e. The minimum atomic E-state index is -4.35. The molecule has 0 aliphatic heterocycles. The van der Waals surface area contributed by atoms with Crippen LogP contribution in [0.3, 0.4) is 0 Å². The third-order valence-electron chi connectivity index (χ3n) is 5.85. The normalized spacial score (nSPS) is 21.7. The third kappa shape index (κ3) is 4.36. The van der Waals surface area contributed by atoms with E-state index in [4.69, 9.17) is 4.98 Å². The number of aromatic nitrogens is 2. The zero-order chi connectivity index (χ0) is 21.7. The number of hydrogen-bond donors (Lipinski definition) is 1. The van der Waals surface area contributed by atoms with Crippen molar-refractivity contribution in [2.75, 3.05) is 5.32 Å². The molecule has 0 radical (unpaired) electrons. The van der Waals surface area contributed by atoms with E-state index in [9.17, 15) is 13.2 Å². The fraction of sp³-hybridized carbons (Fsp3) is 0.435. The number of nitrogens with zero attached hydrogens (tertiary/aromatic N) is 2. The average Bonchev–Trinajstić information content (AvgIpc) is 2.96. The first-order valence-corrected chi connectivity index (χ1v) is 10.9. The van der Waals surface area contributed by atoms with Gasteiger partial charge in [0.1, 0.15) is 0 Å². The van der Waals surface area contributed by atoms with Gasteiger partial charge in [0, 0.05) is 16.2 Å². The number of imidazole rings is 1. The molecular weight excluding hydrogens is 455 g/mol. The van der Waals surface area contributed by atoms with Gasteiger partial charge in [0.2, 0.25) is 5.95 Å². The van der Waals surface area contributed by atoms with Crippen molar-refractivity contribution in [2.45, 2.75) is 52.3 Å². The van der Waals surface area contributed by atoms with Gasteiger partial charge in [-0.25, -0.2) is 4.98 Å². The van der Waals surface area contributed by atoms with Crippen LogP contribution in [0.2, 0.25) is 0 Å². The Kier molecular flexibility index (Phi) is 5.37. The lowest BCUT2D eigenvalue weighted by Gasteiger charge is -2.40. The summed E-state index contributed by atoms with van der Waals surface area (Å²) in [5.74, 6) is 1.25. The number of hydrogen-bond acceptors (Lipinski definition) is 2. The minimum absolute atomic E-state index is 0.222. The molecule has 3 nitrogen and oxygen atoms in total. The Balaban J connectivity index is 1.75. The van der Waals surface area contributed by atoms with Crippen LogP contribution in [-0.4, -0.2) is 9.55 Å². The van der Waals surface area contributed by atoms with E-state index in [1.807, 2.05) is 12.1 Å². The maximum Gasteiger partial charge on any atom is 0.416 e. The third-order valence-corrected chi connectivity index (χ3v) is 6.34. The molecule has 1 saturated carbocycles. The zero-order valence-corrected chi connectivity index (χ0v) is 18.8. The number of benzene rings is 2. The van der Waals surface area contributed by atoms with Crippen LogP contribution >= 0.6 is 15.9 Å². The molecule has 2 aromatic carbocycles. The predicted octanol–water partition coefficient (Wildman–Crippen LogP) is 7.95. The fourth-order valence-electron chi connectivity index (χ4n) is 4.89. The van der Waals surface area contributed by atoms with Gasteiger partial charge < -0.3 is 9.88 Å². The number of alkyl halides is 3. The standard InChI is InChI=1S/C23H25BrF3N3/c1-14-10-18(13-22(2,3)12-14)30-20-9-6-16(24)11-19(20)29-21(30)28-17-7-4-15(5-8-17)23(25,26)27/h4-9,11,14,18H,10,12-13H2,1-3H3,(H,28,29)/t14-,18?/m0/s1. The smallest absolute Gasteiger partial charge is 0.326 e. The maximum atomic E-state index is 12.9. The van der Waals surface area contributed by atoms with Crippen molar-refractivity contribution in [2.24, 2.45) is 11.3 Å². The second-order valence-electron chi connectivity index (χ2n) is 9.21. The van der Waals surface area contributed by atoms with E-state index in [0.717, 1.165) is 40.5 Å². The molecular formula is C23H25BrF3N3. The van der Waals surface area contributed by atoms with E-state index in [2.05, 4.69) is 52.7 Å². The lowest BCUT2D eigenvalue weighted by molar-refractivity contribution is -0.137. The molecule has 1 aliphatic carbocycles. The van der Waals surface area contributed by atoms with Crippen LogP contribution in [0.25, 0.3) is 11.0 Å². The summed E-state index contributed by atoms with van der Waals surface area (Å²) in [5, 5.41) is 3.27. The Morgan fingerprint density at radius 3 is 2.43 bits per heavy atom. The zero-order valence-electron chi connectivity index (χ0n) is 17.2. The number of halogens is 4. The van der Waals surface area contributed by atoms with E-state index in [-0.39, 0.29) is 11.5 Å². The summed E-state index contributed by atoms with van der Waals surface area (Å²) in [4.78, 5) is 4.79. The Morgan fingerprint density at radius 1 is 1.10 bits per heavy atom. The number of rotatable bonds is 3. The number of fused-ring (bicyclic) bond motifs is 1. The summed E-state index contributed by atoms with van der Waals surface area (Å²) >= 11 is 3.51. The summed E-state index contributed by atoms with van der Waals surface area (Å²) in [6.45, 7) is 6.88. The summed E-state index contributed by atoms with van der Waals surface area (Å²) < 4.78 is 41.9. The first-order chi connectivity index (χ1) is 14.0. The molecule has 0 bridgehead atoms. The van der Waals surface area contributed by atoms with Gasteiger partial charge >= 0.3 is 6.18 Å². The predicted molar refractivity (Wildman–Crippen MR) is 118 cm³/mol. The maximum absolute atomic E-state index is 12.9. The number of nitrogens with one attached hydrogen (secondary N) is 1. The Labute approximate surface area is 182 Å². The van der Waals surface area contributed by atoms with Crippen molar-refractivity contribution in [1.82, 2.24) is 9.55 Å². The van der Waals surface area contributed by atoms with Gasteiger partial charge in [-0.1, -0.05) is 36.7 Å². The molecule has 1 N–H and O–H groups in total. The molecule has 1 aliphatic rings. The molecule has 1 aromatic heterocycles. The summed E-state index contributed by atoms with van der Waals surface area (Å²) in [6.07, 6.45) is -1.09. The van der Waals surface area contributed by atoms with Crippen LogP contribution < -0.4 is 5.32 Å². The first kappa shape index (κ1) is 21.2. The van der Waals surface area contributed by atoms with Gasteiger partial charge in [0.05, 0.1) is 16.6 Å². The number of anilines is 2. The highest BCUT2D eigenvalue weighted by Gasteiger charge is 2.35. The SMILES string of the molecule is C[C@H]1CC(n2c(Nc3ccc(C(F)(F)F)cc3)nc3cc(Br)ccc32)CC(C)(C)C1. The lowest BCUT2D eigenvalue weighted by atomic mass is 9.70. The summed E-state index contributed by atoms with van der Waals surface area (Å²) in [7, 11) is 0. The van der Waals surface area contributed by atoms with Crippen LogP contribution in [0.1, 0.15) is 51.6 Å². The van der Waals surface area contributed by atoms with Crippen LogP contribution in [0.5, 0.6) is 0 Å². The molecule has 1 fully saturated rings. The highest BCUT2D eigenvalue weighted by Crippen LogP contribution is 2.46. The quantitative estimate of drug-likeness (QED) is 0.412. The fourth-order valence-corrected chi connectivity index (χ4v) is 5.24. The van der Waals surface area contributed by atoms with Crippen LogP contribution in [0.4, 0.5) is 24.8 Å².